The number of carboxylic acids is 1. The summed E-state index contributed by atoms with van der Waals surface area (Å²) in [6, 6.07) is 0.0102. The highest BCUT2D eigenvalue weighted by atomic mass is 19.1. The molecule has 0 bridgehead atoms. The minimum absolute atomic E-state index is 0.188. The molecule has 0 aromatic heterocycles. The van der Waals surface area contributed by atoms with Gasteiger partial charge in [-0.05, 0) is 31.0 Å². The van der Waals surface area contributed by atoms with Crippen LogP contribution in [0.25, 0.3) is 0 Å². The highest BCUT2D eigenvalue weighted by molar-refractivity contribution is 5.77. The molecule has 0 spiro atoms. The first-order chi connectivity index (χ1) is 7.40. The van der Waals surface area contributed by atoms with E-state index in [1.807, 2.05) is 0 Å². The van der Waals surface area contributed by atoms with Gasteiger partial charge in [0.05, 0.1) is 7.11 Å². The van der Waals surface area contributed by atoms with Crippen molar-refractivity contribution in [3.63, 3.8) is 0 Å². The van der Waals surface area contributed by atoms with Gasteiger partial charge in [-0.2, -0.15) is 0 Å². The molecule has 0 radical (unpaired) electrons. The second-order valence-electron chi connectivity index (χ2n) is 3.56. The first-order valence-corrected chi connectivity index (χ1v) is 4.72. The van der Waals surface area contributed by atoms with Crippen LogP contribution in [0.15, 0.2) is 6.07 Å². The molecular formula is C11H14FNO3. The predicted octanol–water partition coefficient (Wildman–Crippen LogP) is 1.54. The molecule has 5 heteroatoms. The first kappa shape index (κ1) is 12.4. The summed E-state index contributed by atoms with van der Waals surface area (Å²) in [6.45, 7) is 3.12. The van der Waals surface area contributed by atoms with E-state index in [9.17, 15) is 9.18 Å². The molecule has 0 aliphatic rings. The maximum atomic E-state index is 13.5. The van der Waals surface area contributed by atoms with Crippen LogP contribution in [0, 0.1) is 19.7 Å². The molecule has 1 unspecified atom stereocenters. The fourth-order valence-corrected chi connectivity index (χ4v) is 1.64. The summed E-state index contributed by atoms with van der Waals surface area (Å²) in [4.78, 5) is 10.8. The molecule has 0 saturated carbocycles. The van der Waals surface area contributed by atoms with Crippen LogP contribution in [-0.2, 0) is 4.79 Å². The van der Waals surface area contributed by atoms with Gasteiger partial charge in [-0.25, -0.2) is 4.39 Å². The minimum Gasteiger partial charge on any atom is -0.496 e. The maximum Gasteiger partial charge on any atom is 0.325 e. The Morgan fingerprint density at radius 2 is 2.12 bits per heavy atom. The van der Waals surface area contributed by atoms with Crippen LogP contribution >= 0.6 is 0 Å². The van der Waals surface area contributed by atoms with E-state index in [0.29, 0.717) is 11.3 Å². The number of aryl methyl sites for hydroxylation is 1. The van der Waals surface area contributed by atoms with Crippen molar-refractivity contribution in [2.75, 3.05) is 7.11 Å². The average Bonchev–Trinajstić information content (AvgIpc) is 2.21. The molecule has 16 heavy (non-hydrogen) atoms. The molecule has 4 nitrogen and oxygen atoms in total. The number of hydrogen-bond acceptors (Lipinski definition) is 3. The lowest BCUT2D eigenvalue weighted by molar-refractivity contribution is -0.138. The summed E-state index contributed by atoms with van der Waals surface area (Å²) in [5, 5.41) is 8.86. The number of ether oxygens (including phenoxy) is 1. The lowest BCUT2D eigenvalue weighted by Gasteiger charge is -2.17. The molecule has 1 atom stereocenters. The second kappa shape index (κ2) is 4.49. The Morgan fingerprint density at radius 1 is 1.56 bits per heavy atom. The molecule has 1 aromatic carbocycles. The quantitative estimate of drug-likeness (QED) is 0.821. The van der Waals surface area contributed by atoms with Crippen LogP contribution < -0.4 is 10.5 Å². The molecule has 0 aliphatic heterocycles. The van der Waals surface area contributed by atoms with Crippen molar-refractivity contribution in [2.45, 2.75) is 19.9 Å². The molecule has 0 saturated heterocycles. The van der Waals surface area contributed by atoms with Crippen molar-refractivity contribution in [3.8, 4) is 5.75 Å². The number of aliphatic carboxylic acids is 1. The number of halogens is 1. The van der Waals surface area contributed by atoms with Gasteiger partial charge in [0.15, 0.2) is 0 Å². The van der Waals surface area contributed by atoms with Gasteiger partial charge in [-0.15, -0.1) is 0 Å². The standard InChI is InChI=1S/C11H14FNO3/c1-5-4-7(12)6(2)8(10(5)16-3)9(13)11(14)15/h4,9H,13H2,1-3H3,(H,14,15). The lowest BCUT2D eigenvalue weighted by atomic mass is 9.97. The summed E-state index contributed by atoms with van der Waals surface area (Å²) >= 11 is 0. The molecule has 88 valence electrons. The number of carboxylic acid groups (broad SMARTS) is 1. The van der Waals surface area contributed by atoms with E-state index in [2.05, 4.69) is 0 Å². The van der Waals surface area contributed by atoms with Gasteiger partial charge >= 0.3 is 5.97 Å². The fourth-order valence-electron chi connectivity index (χ4n) is 1.64. The van der Waals surface area contributed by atoms with E-state index in [-0.39, 0.29) is 11.1 Å². The lowest BCUT2D eigenvalue weighted by Crippen LogP contribution is -2.23. The molecule has 1 rings (SSSR count). The maximum absolute atomic E-state index is 13.5. The monoisotopic (exact) mass is 227 g/mol. The Hall–Kier alpha value is -1.62. The van der Waals surface area contributed by atoms with Crippen molar-refractivity contribution in [3.05, 3.63) is 28.6 Å². The largest absolute Gasteiger partial charge is 0.496 e. The third-order valence-electron chi connectivity index (χ3n) is 2.49. The van der Waals surface area contributed by atoms with E-state index >= 15 is 0 Å². The van der Waals surface area contributed by atoms with E-state index < -0.39 is 17.8 Å². The van der Waals surface area contributed by atoms with Crippen LogP contribution in [-0.4, -0.2) is 18.2 Å². The third kappa shape index (κ3) is 1.99. The van der Waals surface area contributed by atoms with Crippen LogP contribution in [0.4, 0.5) is 4.39 Å². The zero-order valence-corrected chi connectivity index (χ0v) is 9.37. The van der Waals surface area contributed by atoms with Gasteiger partial charge in [0.25, 0.3) is 0 Å². The van der Waals surface area contributed by atoms with Gasteiger partial charge in [-0.3, -0.25) is 4.79 Å². The van der Waals surface area contributed by atoms with Crippen molar-refractivity contribution in [1.29, 1.82) is 0 Å². The molecule has 0 heterocycles. The summed E-state index contributed by atoms with van der Waals surface area (Å²) in [5.41, 5.74) is 6.43. The second-order valence-corrected chi connectivity index (χ2v) is 3.56. The van der Waals surface area contributed by atoms with Crippen molar-refractivity contribution in [1.82, 2.24) is 0 Å². The number of nitrogens with two attached hydrogens (primary N) is 1. The van der Waals surface area contributed by atoms with Gasteiger partial charge in [0.1, 0.15) is 17.6 Å². The van der Waals surface area contributed by atoms with Gasteiger partial charge in [0.2, 0.25) is 0 Å². The zero-order chi connectivity index (χ0) is 12.5. The van der Waals surface area contributed by atoms with Crippen molar-refractivity contribution in [2.24, 2.45) is 5.73 Å². The fraction of sp³-hybridized carbons (Fsp3) is 0.364. The number of methoxy groups -OCH3 is 1. The Balaban J connectivity index is 3.50. The Morgan fingerprint density at radius 3 is 2.56 bits per heavy atom. The van der Waals surface area contributed by atoms with E-state index in [4.69, 9.17) is 15.6 Å². The van der Waals surface area contributed by atoms with Crippen LogP contribution in [0.5, 0.6) is 5.75 Å². The SMILES string of the molecule is COc1c(C)cc(F)c(C)c1C(N)C(=O)O. The topological polar surface area (TPSA) is 72.5 Å². The van der Waals surface area contributed by atoms with Gasteiger partial charge in [-0.1, -0.05) is 0 Å². The molecule has 3 N–H and O–H groups in total. The summed E-state index contributed by atoms with van der Waals surface area (Å²) in [5.74, 6) is -1.37. The highest BCUT2D eigenvalue weighted by Crippen LogP contribution is 2.32. The van der Waals surface area contributed by atoms with Gasteiger partial charge in [0, 0.05) is 5.56 Å². The van der Waals surface area contributed by atoms with Crippen molar-refractivity contribution < 1.29 is 19.0 Å². The first-order valence-electron chi connectivity index (χ1n) is 4.72. The predicted molar refractivity (Wildman–Crippen MR) is 57.0 cm³/mol. The average molecular weight is 227 g/mol. The number of carbonyl (C=O) groups is 1. The van der Waals surface area contributed by atoms with E-state index in [1.54, 1.807) is 6.92 Å². The normalized spacial score (nSPS) is 12.3. The molecule has 0 fully saturated rings. The summed E-state index contributed by atoms with van der Waals surface area (Å²) in [7, 11) is 1.40. The van der Waals surface area contributed by atoms with Crippen molar-refractivity contribution >= 4 is 5.97 Å². The highest BCUT2D eigenvalue weighted by Gasteiger charge is 2.24. The molecule has 0 amide bonds. The Labute approximate surface area is 92.8 Å². The van der Waals surface area contributed by atoms with Crippen LogP contribution in [0.3, 0.4) is 0 Å². The Bertz CT molecular complexity index is 432. The van der Waals surface area contributed by atoms with Crippen LogP contribution in [0.2, 0.25) is 0 Å². The van der Waals surface area contributed by atoms with Gasteiger partial charge < -0.3 is 15.6 Å². The smallest absolute Gasteiger partial charge is 0.325 e. The number of hydrogen-bond donors (Lipinski definition) is 2. The van der Waals surface area contributed by atoms with E-state index in [1.165, 1.54) is 20.1 Å². The Kier molecular flexibility index (Phi) is 3.49. The zero-order valence-electron chi connectivity index (χ0n) is 9.37. The minimum atomic E-state index is -1.29. The van der Waals surface area contributed by atoms with E-state index in [0.717, 1.165) is 0 Å². The molecule has 0 aliphatic carbocycles. The molecular weight excluding hydrogens is 213 g/mol. The third-order valence-corrected chi connectivity index (χ3v) is 2.49. The number of benzene rings is 1. The van der Waals surface area contributed by atoms with Crippen LogP contribution in [0.1, 0.15) is 22.7 Å². The number of rotatable bonds is 3. The molecule has 1 aromatic rings. The summed E-state index contributed by atoms with van der Waals surface area (Å²) in [6.07, 6.45) is 0. The summed E-state index contributed by atoms with van der Waals surface area (Å²) < 4.78 is 18.5.